The molecule has 0 aromatic carbocycles. The van der Waals surface area contributed by atoms with Gasteiger partial charge in [0.05, 0.1) is 19.3 Å². The van der Waals surface area contributed by atoms with Gasteiger partial charge in [-0.2, -0.15) is 0 Å². The average molecular weight is 394 g/mol. The lowest BCUT2D eigenvalue weighted by atomic mass is 10.0. The minimum atomic E-state index is 0.370. The molecule has 0 spiro atoms. The van der Waals surface area contributed by atoms with Crippen molar-refractivity contribution in [3.63, 3.8) is 0 Å². The van der Waals surface area contributed by atoms with E-state index in [1.165, 1.54) is 30.7 Å². The summed E-state index contributed by atoms with van der Waals surface area (Å²) in [6.07, 6.45) is 4.04. The molecule has 0 bridgehead atoms. The normalized spacial score (nSPS) is 23.9. The number of morpholine rings is 1. The Morgan fingerprint density at radius 3 is 2.85 bits per heavy atom. The van der Waals surface area contributed by atoms with Crippen molar-refractivity contribution in [2.24, 2.45) is 4.99 Å². The Bertz CT molecular complexity index is 559. The molecule has 152 valence electrons. The largest absolute Gasteiger partial charge is 0.379 e. The molecule has 0 saturated carbocycles. The van der Waals surface area contributed by atoms with Crippen LogP contribution in [0.15, 0.2) is 22.5 Å². The van der Waals surface area contributed by atoms with Gasteiger partial charge in [-0.05, 0) is 37.8 Å². The molecule has 7 heteroatoms. The number of nitrogens with one attached hydrogen (secondary N) is 2. The third-order valence-corrected chi connectivity index (χ3v) is 6.65. The predicted octanol–water partition coefficient (Wildman–Crippen LogP) is 2.16. The minimum Gasteiger partial charge on any atom is -0.379 e. The monoisotopic (exact) mass is 393 g/mol. The van der Waals surface area contributed by atoms with Crippen LogP contribution in [0.2, 0.25) is 0 Å². The number of thiophene rings is 1. The number of rotatable bonds is 7. The zero-order chi connectivity index (χ0) is 18.9. The number of piperidine rings is 1. The molecule has 0 amide bonds. The van der Waals surface area contributed by atoms with Crippen LogP contribution in [0, 0.1) is 0 Å². The van der Waals surface area contributed by atoms with Crippen LogP contribution in [0.5, 0.6) is 0 Å². The summed E-state index contributed by atoms with van der Waals surface area (Å²) in [6, 6.07) is 5.45. The molecule has 1 aromatic rings. The van der Waals surface area contributed by atoms with Crippen molar-refractivity contribution >= 4 is 17.3 Å². The maximum Gasteiger partial charge on any atom is 0.191 e. The van der Waals surface area contributed by atoms with E-state index in [4.69, 9.17) is 4.74 Å². The van der Waals surface area contributed by atoms with Gasteiger partial charge in [-0.25, -0.2) is 0 Å². The van der Waals surface area contributed by atoms with Crippen molar-refractivity contribution in [1.29, 1.82) is 0 Å². The van der Waals surface area contributed by atoms with E-state index in [-0.39, 0.29) is 0 Å². The maximum absolute atomic E-state index is 5.53. The van der Waals surface area contributed by atoms with Crippen LogP contribution in [0.4, 0.5) is 0 Å². The highest BCUT2D eigenvalue weighted by Crippen LogP contribution is 2.25. The van der Waals surface area contributed by atoms with Crippen molar-refractivity contribution in [2.75, 3.05) is 59.5 Å². The standard InChI is InChI=1S/C20H35N5OS/c1-17-6-3-4-9-24(17)10-8-22-20(21-2)23-16-18(19-7-5-15-27-19)25-11-13-26-14-12-25/h5,7,15,17-18H,3-4,6,8-14,16H2,1-2H3,(H2,21,22,23). The van der Waals surface area contributed by atoms with Crippen LogP contribution in [0.1, 0.15) is 37.1 Å². The molecular formula is C20H35N5OS. The molecule has 0 aliphatic carbocycles. The molecule has 2 unspecified atom stereocenters. The molecule has 2 atom stereocenters. The van der Waals surface area contributed by atoms with E-state index < -0.39 is 0 Å². The molecule has 3 rings (SSSR count). The summed E-state index contributed by atoms with van der Waals surface area (Å²) in [6.45, 7) is 10.1. The highest BCUT2D eigenvalue weighted by atomic mass is 32.1. The Balaban J connectivity index is 1.47. The second kappa shape index (κ2) is 11.0. The number of hydrogen-bond acceptors (Lipinski definition) is 5. The van der Waals surface area contributed by atoms with E-state index in [0.29, 0.717) is 12.1 Å². The molecule has 6 nitrogen and oxygen atoms in total. The van der Waals surface area contributed by atoms with Gasteiger partial charge in [-0.1, -0.05) is 12.5 Å². The highest BCUT2D eigenvalue weighted by Gasteiger charge is 2.23. The fourth-order valence-corrected chi connectivity index (χ4v) is 4.86. The van der Waals surface area contributed by atoms with E-state index in [9.17, 15) is 0 Å². The highest BCUT2D eigenvalue weighted by molar-refractivity contribution is 7.10. The smallest absolute Gasteiger partial charge is 0.191 e. The van der Waals surface area contributed by atoms with Crippen molar-refractivity contribution in [2.45, 2.75) is 38.3 Å². The number of hydrogen-bond donors (Lipinski definition) is 2. The molecule has 2 fully saturated rings. The molecular weight excluding hydrogens is 358 g/mol. The Hall–Kier alpha value is -1.15. The van der Waals surface area contributed by atoms with Gasteiger partial charge >= 0.3 is 0 Å². The maximum atomic E-state index is 5.53. The third kappa shape index (κ3) is 6.17. The van der Waals surface area contributed by atoms with Crippen molar-refractivity contribution in [3.8, 4) is 0 Å². The third-order valence-electron chi connectivity index (χ3n) is 5.68. The average Bonchev–Trinajstić information content (AvgIpc) is 3.23. The van der Waals surface area contributed by atoms with Crippen molar-refractivity contribution in [3.05, 3.63) is 22.4 Å². The van der Waals surface area contributed by atoms with E-state index >= 15 is 0 Å². The van der Waals surface area contributed by atoms with E-state index in [1.807, 2.05) is 18.4 Å². The van der Waals surface area contributed by atoms with E-state index in [2.05, 4.69) is 49.9 Å². The van der Waals surface area contributed by atoms with Crippen LogP contribution in [0.3, 0.4) is 0 Å². The number of ether oxygens (including phenoxy) is 1. The molecule has 2 N–H and O–H groups in total. The predicted molar refractivity (Wildman–Crippen MR) is 114 cm³/mol. The lowest BCUT2D eigenvalue weighted by Gasteiger charge is -2.34. The Labute approximate surface area is 168 Å². The lowest BCUT2D eigenvalue weighted by Crippen LogP contribution is -2.48. The van der Waals surface area contributed by atoms with Crippen LogP contribution in [0.25, 0.3) is 0 Å². The fraction of sp³-hybridized carbons (Fsp3) is 0.750. The summed E-state index contributed by atoms with van der Waals surface area (Å²) >= 11 is 1.83. The van der Waals surface area contributed by atoms with Gasteiger partial charge in [0.1, 0.15) is 0 Å². The topological polar surface area (TPSA) is 52.1 Å². The van der Waals surface area contributed by atoms with Crippen LogP contribution in [-0.2, 0) is 4.74 Å². The van der Waals surface area contributed by atoms with Crippen LogP contribution in [-0.4, -0.2) is 81.3 Å². The first kappa shape index (κ1) is 20.6. The Morgan fingerprint density at radius 1 is 1.30 bits per heavy atom. The van der Waals surface area contributed by atoms with Gasteiger partial charge < -0.3 is 15.4 Å². The minimum absolute atomic E-state index is 0.370. The molecule has 27 heavy (non-hydrogen) atoms. The van der Waals surface area contributed by atoms with E-state index in [0.717, 1.165) is 51.9 Å². The molecule has 2 saturated heterocycles. The molecule has 3 heterocycles. The first-order chi connectivity index (χ1) is 13.3. The van der Waals surface area contributed by atoms with Gasteiger partial charge in [-0.15, -0.1) is 11.3 Å². The number of guanidine groups is 1. The molecule has 2 aliphatic heterocycles. The SMILES string of the molecule is CN=C(NCCN1CCCCC1C)NCC(c1cccs1)N1CCOCC1. The Morgan fingerprint density at radius 2 is 2.15 bits per heavy atom. The van der Waals surface area contributed by atoms with Gasteiger partial charge in [0.25, 0.3) is 0 Å². The fourth-order valence-electron chi connectivity index (χ4n) is 4.00. The number of nitrogens with zero attached hydrogens (tertiary/aromatic N) is 3. The summed E-state index contributed by atoms with van der Waals surface area (Å²) in [5.74, 6) is 0.898. The summed E-state index contributed by atoms with van der Waals surface area (Å²) < 4.78 is 5.53. The Kier molecular flexibility index (Phi) is 8.38. The van der Waals surface area contributed by atoms with Crippen molar-refractivity contribution in [1.82, 2.24) is 20.4 Å². The molecule has 1 aromatic heterocycles. The van der Waals surface area contributed by atoms with Crippen LogP contribution < -0.4 is 10.6 Å². The lowest BCUT2D eigenvalue weighted by molar-refractivity contribution is 0.0177. The number of likely N-dealkylation sites (tertiary alicyclic amines) is 1. The quantitative estimate of drug-likeness (QED) is 0.549. The van der Waals surface area contributed by atoms with Gasteiger partial charge in [0.15, 0.2) is 5.96 Å². The van der Waals surface area contributed by atoms with Gasteiger partial charge in [0.2, 0.25) is 0 Å². The first-order valence-electron chi connectivity index (χ1n) is 10.3. The zero-order valence-corrected chi connectivity index (χ0v) is 17.6. The second-order valence-corrected chi connectivity index (χ2v) is 8.42. The summed E-state index contributed by atoms with van der Waals surface area (Å²) in [4.78, 5) is 10.9. The first-order valence-corrected chi connectivity index (χ1v) is 11.2. The van der Waals surface area contributed by atoms with Crippen molar-refractivity contribution < 1.29 is 4.74 Å². The second-order valence-electron chi connectivity index (χ2n) is 7.44. The number of aliphatic imine (C=N–C) groups is 1. The van der Waals surface area contributed by atoms with Gasteiger partial charge in [-0.3, -0.25) is 14.8 Å². The van der Waals surface area contributed by atoms with Crippen LogP contribution >= 0.6 is 11.3 Å². The molecule has 0 radical (unpaired) electrons. The zero-order valence-electron chi connectivity index (χ0n) is 16.8. The summed E-state index contributed by atoms with van der Waals surface area (Å²) in [7, 11) is 1.85. The molecule has 2 aliphatic rings. The van der Waals surface area contributed by atoms with Gasteiger partial charge in [0, 0.05) is 50.7 Å². The van der Waals surface area contributed by atoms with E-state index in [1.54, 1.807) is 0 Å². The summed E-state index contributed by atoms with van der Waals surface area (Å²) in [5, 5.41) is 9.21. The summed E-state index contributed by atoms with van der Waals surface area (Å²) in [5.41, 5.74) is 0.